The maximum atomic E-state index is 9.44. The second kappa shape index (κ2) is 3.76. The van der Waals surface area contributed by atoms with Crippen molar-refractivity contribution < 1.29 is 10.2 Å². The van der Waals surface area contributed by atoms with Gasteiger partial charge in [0, 0.05) is 23.9 Å². The molecule has 0 unspecified atom stereocenters. The number of hydrogen-bond donors (Lipinski definition) is 2. The third-order valence-electron chi connectivity index (χ3n) is 1.75. The highest BCUT2D eigenvalue weighted by molar-refractivity contribution is 7.98. The van der Waals surface area contributed by atoms with Gasteiger partial charge in [-0.2, -0.15) is 11.8 Å². The van der Waals surface area contributed by atoms with Gasteiger partial charge in [-0.05, 0) is 13.2 Å². The second-order valence-electron chi connectivity index (χ2n) is 2.65. The molecule has 0 aliphatic carbocycles. The first kappa shape index (κ1) is 9.32. The van der Waals surface area contributed by atoms with Crippen LogP contribution in [-0.4, -0.2) is 26.8 Å². The Morgan fingerprint density at radius 2 is 2.17 bits per heavy atom. The van der Waals surface area contributed by atoms with Gasteiger partial charge >= 0.3 is 0 Å². The summed E-state index contributed by atoms with van der Waals surface area (Å²) in [6.45, 7) is 2.41. The molecule has 0 fully saturated rings. The molecule has 0 saturated heterocycles. The molecule has 0 spiro atoms. The Morgan fingerprint density at radius 1 is 1.50 bits per heavy atom. The molecule has 4 heteroatoms. The van der Waals surface area contributed by atoms with Crippen LogP contribution in [0.5, 0.6) is 11.8 Å². The maximum Gasteiger partial charge on any atom is 0.196 e. The molecule has 1 aromatic rings. The van der Waals surface area contributed by atoms with E-state index in [1.807, 2.05) is 6.26 Å². The zero-order chi connectivity index (χ0) is 9.14. The van der Waals surface area contributed by atoms with Gasteiger partial charge in [0.2, 0.25) is 0 Å². The first-order valence-electron chi connectivity index (χ1n) is 3.73. The molecule has 2 N–H and O–H groups in total. The van der Waals surface area contributed by atoms with Gasteiger partial charge in [-0.3, -0.25) is 4.57 Å². The molecular weight excluding hydrogens is 174 g/mol. The number of aryl methyl sites for hydroxylation is 1. The molecule has 3 nitrogen and oxygen atoms in total. The van der Waals surface area contributed by atoms with Crippen LogP contribution in [0.15, 0.2) is 6.07 Å². The van der Waals surface area contributed by atoms with Gasteiger partial charge in [-0.15, -0.1) is 0 Å². The van der Waals surface area contributed by atoms with Crippen molar-refractivity contribution in [3.63, 3.8) is 0 Å². The summed E-state index contributed by atoms with van der Waals surface area (Å²) in [5.41, 5.74) is 0.716. The number of rotatable bonds is 3. The highest BCUT2D eigenvalue weighted by Crippen LogP contribution is 2.26. The lowest BCUT2D eigenvalue weighted by Crippen LogP contribution is -1.98. The van der Waals surface area contributed by atoms with E-state index in [0.717, 1.165) is 5.75 Å². The van der Waals surface area contributed by atoms with Crippen LogP contribution in [0.3, 0.4) is 0 Å². The Balaban J connectivity index is 2.82. The number of aromatic hydroxyl groups is 2. The zero-order valence-electron chi connectivity index (χ0n) is 7.24. The van der Waals surface area contributed by atoms with Gasteiger partial charge in [0.25, 0.3) is 0 Å². The maximum absolute atomic E-state index is 9.44. The van der Waals surface area contributed by atoms with Crippen LogP contribution < -0.4 is 0 Å². The molecule has 0 atom stereocenters. The van der Waals surface area contributed by atoms with Crippen molar-refractivity contribution in [2.45, 2.75) is 13.5 Å². The molecule has 68 valence electrons. The summed E-state index contributed by atoms with van der Waals surface area (Å²) in [4.78, 5) is 0. The average molecular weight is 187 g/mol. The second-order valence-corrected chi connectivity index (χ2v) is 3.64. The van der Waals surface area contributed by atoms with E-state index in [9.17, 15) is 10.2 Å². The van der Waals surface area contributed by atoms with Gasteiger partial charge in [0.15, 0.2) is 11.8 Å². The van der Waals surface area contributed by atoms with Crippen molar-refractivity contribution in [3.8, 4) is 11.8 Å². The highest BCUT2D eigenvalue weighted by Gasteiger charge is 2.08. The number of thioether (sulfide) groups is 1. The average Bonchev–Trinajstić information content (AvgIpc) is 2.25. The van der Waals surface area contributed by atoms with Gasteiger partial charge in [-0.25, -0.2) is 0 Å². The molecule has 12 heavy (non-hydrogen) atoms. The highest BCUT2D eigenvalue weighted by atomic mass is 32.2. The van der Waals surface area contributed by atoms with Gasteiger partial charge in [-0.1, -0.05) is 0 Å². The van der Waals surface area contributed by atoms with Crippen LogP contribution in [0.1, 0.15) is 5.56 Å². The van der Waals surface area contributed by atoms with Crippen LogP contribution in [-0.2, 0) is 6.54 Å². The summed E-state index contributed by atoms with van der Waals surface area (Å²) in [6.07, 6.45) is 1.99. The zero-order valence-corrected chi connectivity index (χ0v) is 8.06. The Hall–Kier alpha value is -0.770. The van der Waals surface area contributed by atoms with E-state index >= 15 is 0 Å². The molecule has 0 aliphatic heterocycles. The Kier molecular flexibility index (Phi) is 2.92. The molecule has 0 aromatic carbocycles. The van der Waals surface area contributed by atoms with Crippen molar-refractivity contribution >= 4 is 11.8 Å². The summed E-state index contributed by atoms with van der Waals surface area (Å²) < 4.78 is 1.51. The quantitative estimate of drug-likeness (QED) is 0.755. The fourth-order valence-corrected chi connectivity index (χ4v) is 1.43. The monoisotopic (exact) mass is 187 g/mol. The number of nitrogens with zero attached hydrogens (tertiary/aromatic N) is 1. The molecule has 1 heterocycles. The standard InChI is InChI=1S/C8H13NO2S/c1-6-5-7(10)9(8(6)11)3-4-12-2/h5,10-11H,3-4H2,1-2H3. The van der Waals surface area contributed by atoms with Crippen molar-refractivity contribution in [3.05, 3.63) is 11.6 Å². The lowest BCUT2D eigenvalue weighted by atomic mass is 10.4. The minimum absolute atomic E-state index is 0.138. The summed E-state index contributed by atoms with van der Waals surface area (Å²) in [5.74, 6) is 1.19. The topological polar surface area (TPSA) is 45.4 Å². The number of hydrogen-bond acceptors (Lipinski definition) is 3. The third-order valence-corrected chi connectivity index (χ3v) is 2.34. The van der Waals surface area contributed by atoms with Crippen LogP contribution in [0, 0.1) is 6.92 Å². The molecule has 0 bridgehead atoms. The summed E-state index contributed by atoms with van der Waals surface area (Å²) in [7, 11) is 0. The van der Waals surface area contributed by atoms with Crippen LogP contribution >= 0.6 is 11.8 Å². The van der Waals surface area contributed by atoms with Crippen LogP contribution in [0.25, 0.3) is 0 Å². The third kappa shape index (κ3) is 1.69. The molecule has 0 saturated carbocycles. The molecule has 0 amide bonds. The predicted octanol–water partition coefficient (Wildman–Crippen LogP) is 1.57. The molecule has 0 aliphatic rings. The van der Waals surface area contributed by atoms with Gasteiger partial charge in [0.05, 0.1) is 0 Å². The Morgan fingerprint density at radius 3 is 2.58 bits per heavy atom. The molecular formula is C8H13NO2S. The predicted molar refractivity (Wildman–Crippen MR) is 50.9 cm³/mol. The van der Waals surface area contributed by atoms with E-state index in [0.29, 0.717) is 12.1 Å². The smallest absolute Gasteiger partial charge is 0.196 e. The van der Waals surface area contributed by atoms with Crippen molar-refractivity contribution in [1.82, 2.24) is 4.57 Å². The molecule has 0 radical (unpaired) electrons. The number of aromatic nitrogens is 1. The van der Waals surface area contributed by atoms with E-state index in [4.69, 9.17) is 0 Å². The van der Waals surface area contributed by atoms with Crippen molar-refractivity contribution in [1.29, 1.82) is 0 Å². The van der Waals surface area contributed by atoms with Crippen molar-refractivity contribution in [2.75, 3.05) is 12.0 Å². The van der Waals surface area contributed by atoms with Crippen LogP contribution in [0.4, 0.5) is 0 Å². The summed E-state index contributed by atoms with van der Waals surface area (Å²) in [5, 5.41) is 18.8. The molecule has 1 aromatic heterocycles. The van der Waals surface area contributed by atoms with E-state index in [1.165, 1.54) is 4.57 Å². The summed E-state index contributed by atoms with van der Waals surface area (Å²) >= 11 is 1.68. The fourth-order valence-electron chi connectivity index (χ4n) is 1.06. The largest absolute Gasteiger partial charge is 0.494 e. The lowest BCUT2D eigenvalue weighted by Gasteiger charge is -2.04. The van der Waals surface area contributed by atoms with E-state index in [-0.39, 0.29) is 11.8 Å². The van der Waals surface area contributed by atoms with Crippen molar-refractivity contribution in [2.24, 2.45) is 0 Å². The first-order chi connectivity index (χ1) is 5.66. The van der Waals surface area contributed by atoms with Gasteiger partial charge < -0.3 is 10.2 Å². The van der Waals surface area contributed by atoms with Crippen LogP contribution in [0.2, 0.25) is 0 Å². The molecule has 1 rings (SSSR count). The van der Waals surface area contributed by atoms with E-state index in [2.05, 4.69) is 0 Å². The van der Waals surface area contributed by atoms with Gasteiger partial charge in [0.1, 0.15) is 0 Å². The normalized spacial score (nSPS) is 10.5. The Labute approximate surface area is 76.0 Å². The lowest BCUT2D eigenvalue weighted by molar-refractivity contribution is 0.373. The van der Waals surface area contributed by atoms with E-state index in [1.54, 1.807) is 24.8 Å². The van der Waals surface area contributed by atoms with E-state index < -0.39 is 0 Å². The Bertz CT molecular complexity index is 270. The SMILES string of the molecule is CSCCn1c(O)cc(C)c1O. The minimum Gasteiger partial charge on any atom is -0.494 e. The minimum atomic E-state index is 0.138. The summed E-state index contributed by atoms with van der Waals surface area (Å²) in [6, 6.07) is 1.57. The fraction of sp³-hybridized carbons (Fsp3) is 0.500. The first-order valence-corrected chi connectivity index (χ1v) is 5.13.